The van der Waals surface area contributed by atoms with Crippen LogP contribution in [0, 0.1) is 11.3 Å². The molecule has 6 heteroatoms. The van der Waals surface area contributed by atoms with E-state index in [1.54, 1.807) is 20.3 Å². The Morgan fingerprint density at radius 2 is 1.83 bits per heavy atom. The first-order valence-corrected chi connectivity index (χ1v) is 7.49. The van der Waals surface area contributed by atoms with Gasteiger partial charge in [0.2, 0.25) is 0 Å². The highest BCUT2D eigenvalue weighted by Crippen LogP contribution is 2.29. The number of methoxy groups -OCH3 is 2. The van der Waals surface area contributed by atoms with Gasteiger partial charge < -0.3 is 24.3 Å². The standard InChI is InChI=1S/C17H24N2O4/c1-5-22-17(23-6-2)12-19-14(9-10-18)13-7-8-15(20-3)16(11-13)21-4/h7-9,11,17,19H,5-6,12H2,1-4H3. The summed E-state index contributed by atoms with van der Waals surface area (Å²) in [6.07, 6.45) is 1.07. The Morgan fingerprint density at radius 3 is 2.35 bits per heavy atom. The van der Waals surface area contributed by atoms with Crippen LogP contribution in [0.1, 0.15) is 19.4 Å². The molecule has 0 saturated carbocycles. The zero-order valence-electron chi connectivity index (χ0n) is 14.1. The minimum absolute atomic E-state index is 0.368. The summed E-state index contributed by atoms with van der Waals surface area (Å²) in [4.78, 5) is 0. The molecule has 0 heterocycles. The minimum Gasteiger partial charge on any atom is -0.493 e. The lowest BCUT2D eigenvalue weighted by atomic mass is 10.1. The van der Waals surface area contributed by atoms with Gasteiger partial charge in [-0.25, -0.2) is 0 Å². The molecule has 0 fully saturated rings. The first-order chi connectivity index (χ1) is 11.2. The summed E-state index contributed by atoms with van der Waals surface area (Å²) >= 11 is 0. The number of ether oxygens (including phenoxy) is 4. The third-order valence-electron chi connectivity index (χ3n) is 3.07. The molecule has 0 atom stereocenters. The molecule has 1 N–H and O–H groups in total. The minimum atomic E-state index is -0.368. The van der Waals surface area contributed by atoms with Crippen molar-refractivity contribution in [1.29, 1.82) is 5.26 Å². The van der Waals surface area contributed by atoms with Gasteiger partial charge in [-0.2, -0.15) is 5.26 Å². The number of nitrogens with zero attached hydrogens (tertiary/aromatic N) is 1. The van der Waals surface area contributed by atoms with Crippen LogP contribution in [-0.2, 0) is 9.47 Å². The van der Waals surface area contributed by atoms with Crippen molar-refractivity contribution in [2.45, 2.75) is 20.1 Å². The van der Waals surface area contributed by atoms with Crippen molar-refractivity contribution in [2.24, 2.45) is 0 Å². The van der Waals surface area contributed by atoms with Gasteiger partial charge in [-0.05, 0) is 32.0 Å². The lowest BCUT2D eigenvalue weighted by Crippen LogP contribution is -2.30. The van der Waals surface area contributed by atoms with Gasteiger partial charge in [0.15, 0.2) is 17.8 Å². The second kappa shape index (κ2) is 10.5. The third-order valence-corrected chi connectivity index (χ3v) is 3.07. The summed E-state index contributed by atoms with van der Waals surface area (Å²) in [5.74, 6) is 1.23. The van der Waals surface area contributed by atoms with E-state index in [1.165, 1.54) is 6.08 Å². The first kappa shape index (κ1) is 18.8. The molecule has 0 saturated heterocycles. The maximum Gasteiger partial charge on any atom is 0.174 e. The van der Waals surface area contributed by atoms with Crippen LogP contribution in [0.15, 0.2) is 24.3 Å². The molecular formula is C17H24N2O4. The molecule has 1 rings (SSSR count). The van der Waals surface area contributed by atoms with E-state index in [0.717, 1.165) is 5.56 Å². The van der Waals surface area contributed by atoms with Gasteiger partial charge in [-0.15, -0.1) is 0 Å². The maximum absolute atomic E-state index is 9.01. The fourth-order valence-corrected chi connectivity index (χ4v) is 2.04. The zero-order valence-corrected chi connectivity index (χ0v) is 14.1. The van der Waals surface area contributed by atoms with Crippen molar-refractivity contribution in [1.82, 2.24) is 5.32 Å². The van der Waals surface area contributed by atoms with E-state index in [9.17, 15) is 0 Å². The molecule has 0 spiro atoms. The van der Waals surface area contributed by atoms with Crippen molar-refractivity contribution in [2.75, 3.05) is 34.0 Å². The zero-order chi connectivity index (χ0) is 17.1. The first-order valence-electron chi connectivity index (χ1n) is 7.49. The Balaban J connectivity index is 2.91. The second-order valence-electron chi connectivity index (χ2n) is 4.48. The molecule has 0 unspecified atom stereocenters. The molecule has 0 bridgehead atoms. The summed E-state index contributed by atoms with van der Waals surface area (Å²) < 4.78 is 21.5. The molecule has 23 heavy (non-hydrogen) atoms. The van der Waals surface area contributed by atoms with E-state index >= 15 is 0 Å². The fraction of sp³-hybridized carbons (Fsp3) is 0.471. The summed E-state index contributed by atoms with van der Waals surface area (Å²) in [7, 11) is 3.15. The summed E-state index contributed by atoms with van der Waals surface area (Å²) in [5.41, 5.74) is 1.48. The van der Waals surface area contributed by atoms with Crippen molar-refractivity contribution in [3.8, 4) is 17.6 Å². The smallest absolute Gasteiger partial charge is 0.174 e. The Bertz CT molecular complexity index is 546. The Morgan fingerprint density at radius 1 is 1.17 bits per heavy atom. The Labute approximate surface area is 137 Å². The summed E-state index contributed by atoms with van der Waals surface area (Å²) in [6.45, 7) is 5.36. The molecular weight excluding hydrogens is 296 g/mol. The van der Waals surface area contributed by atoms with E-state index in [4.69, 9.17) is 24.2 Å². The average molecular weight is 320 g/mol. The van der Waals surface area contributed by atoms with Crippen molar-refractivity contribution < 1.29 is 18.9 Å². The Hall–Kier alpha value is -2.23. The predicted molar refractivity (Wildman–Crippen MR) is 88.2 cm³/mol. The molecule has 0 amide bonds. The quantitative estimate of drug-likeness (QED) is 0.527. The Kier molecular flexibility index (Phi) is 8.58. The van der Waals surface area contributed by atoms with Crippen LogP contribution < -0.4 is 14.8 Å². The van der Waals surface area contributed by atoms with E-state index in [1.807, 2.05) is 32.0 Å². The highest BCUT2D eigenvalue weighted by atomic mass is 16.7. The van der Waals surface area contributed by atoms with Gasteiger partial charge in [0.25, 0.3) is 0 Å². The SMILES string of the molecule is CCOC(CNC(=CC#N)c1ccc(OC)c(OC)c1)OCC. The number of benzene rings is 1. The molecule has 0 aliphatic heterocycles. The molecule has 126 valence electrons. The average Bonchev–Trinajstić information content (AvgIpc) is 2.58. The van der Waals surface area contributed by atoms with Crippen LogP contribution in [0.5, 0.6) is 11.5 Å². The number of nitriles is 1. The van der Waals surface area contributed by atoms with Gasteiger partial charge >= 0.3 is 0 Å². The highest BCUT2D eigenvalue weighted by molar-refractivity contribution is 5.68. The molecule has 0 radical (unpaired) electrons. The molecule has 0 aliphatic carbocycles. The monoisotopic (exact) mass is 320 g/mol. The van der Waals surface area contributed by atoms with Crippen LogP contribution >= 0.6 is 0 Å². The molecule has 1 aromatic carbocycles. The second-order valence-corrected chi connectivity index (χ2v) is 4.48. The number of hydrogen-bond donors (Lipinski definition) is 1. The molecule has 0 aliphatic rings. The van der Waals surface area contributed by atoms with Crippen LogP contribution in [0.2, 0.25) is 0 Å². The lowest BCUT2D eigenvalue weighted by molar-refractivity contribution is -0.131. The van der Waals surface area contributed by atoms with Crippen LogP contribution in [0.4, 0.5) is 0 Å². The summed E-state index contributed by atoms with van der Waals surface area (Å²) in [5, 5.41) is 12.2. The van der Waals surface area contributed by atoms with Gasteiger partial charge in [0, 0.05) is 24.9 Å². The maximum atomic E-state index is 9.01. The normalized spacial score (nSPS) is 11.2. The van der Waals surface area contributed by atoms with Crippen LogP contribution in [0.3, 0.4) is 0 Å². The number of hydrogen-bond acceptors (Lipinski definition) is 6. The highest BCUT2D eigenvalue weighted by Gasteiger charge is 2.11. The number of rotatable bonds is 10. The van der Waals surface area contributed by atoms with E-state index < -0.39 is 0 Å². The molecule has 0 aromatic heterocycles. The van der Waals surface area contributed by atoms with Crippen LogP contribution in [0.25, 0.3) is 5.70 Å². The van der Waals surface area contributed by atoms with Gasteiger partial charge in [0.05, 0.1) is 32.5 Å². The van der Waals surface area contributed by atoms with E-state index in [2.05, 4.69) is 5.32 Å². The summed E-state index contributed by atoms with van der Waals surface area (Å²) in [6, 6.07) is 7.50. The van der Waals surface area contributed by atoms with Crippen molar-refractivity contribution in [3.63, 3.8) is 0 Å². The topological polar surface area (TPSA) is 72.7 Å². The number of allylic oxidation sites excluding steroid dienone is 1. The van der Waals surface area contributed by atoms with E-state index in [-0.39, 0.29) is 6.29 Å². The molecule has 6 nitrogen and oxygen atoms in total. The number of nitrogens with one attached hydrogen (secondary N) is 1. The lowest BCUT2D eigenvalue weighted by Gasteiger charge is -2.19. The van der Waals surface area contributed by atoms with Gasteiger partial charge in [0.1, 0.15) is 0 Å². The van der Waals surface area contributed by atoms with Crippen molar-refractivity contribution in [3.05, 3.63) is 29.8 Å². The predicted octanol–water partition coefficient (Wildman–Crippen LogP) is 2.56. The van der Waals surface area contributed by atoms with E-state index in [0.29, 0.717) is 37.0 Å². The third kappa shape index (κ3) is 5.81. The molecule has 1 aromatic rings. The van der Waals surface area contributed by atoms with Gasteiger partial charge in [-0.1, -0.05) is 0 Å². The van der Waals surface area contributed by atoms with Gasteiger partial charge in [-0.3, -0.25) is 0 Å². The van der Waals surface area contributed by atoms with Crippen LogP contribution in [-0.4, -0.2) is 40.3 Å². The fourth-order valence-electron chi connectivity index (χ4n) is 2.04. The van der Waals surface area contributed by atoms with Crippen molar-refractivity contribution >= 4 is 5.70 Å². The largest absolute Gasteiger partial charge is 0.493 e.